The average Bonchev–Trinajstić information content (AvgIpc) is 2.07. The fraction of sp³-hybridized carbons (Fsp3) is 0.0506. The van der Waals surface area contributed by atoms with Gasteiger partial charge in [-0.15, -0.1) is 0 Å². The van der Waals surface area contributed by atoms with Crippen LogP contribution in [0.15, 0.2) is 298 Å². The molecule has 2 heterocycles. The monoisotopic (exact) mass is 1060 g/mol. The predicted molar refractivity (Wildman–Crippen MR) is 350 cm³/mol. The Morgan fingerprint density at radius 3 is 1.23 bits per heavy atom. The fourth-order valence-electron chi connectivity index (χ4n) is 11.6. The zero-order valence-corrected chi connectivity index (χ0v) is 46.8. The number of nitrogens with zero attached hydrogens (tertiary/aromatic N) is 4. The number of hydrogen-bond donors (Lipinski definition) is 0. The summed E-state index contributed by atoms with van der Waals surface area (Å²) < 4.78 is 2.56. The molecule has 13 rings (SSSR count). The molecule has 0 N–H and O–H groups in total. The van der Waals surface area contributed by atoms with E-state index in [0.29, 0.717) is 17.5 Å². The van der Waals surface area contributed by atoms with E-state index in [1.54, 1.807) is 6.08 Å². The summed E-state index contributed by atoms with van der Waals surface area (Å²) in [7, 11) is 0. The smallest absolute Gasteiger partial charge is 0.164 e. The van der Waals surface area contributed by atoms with Crippen LogP contribution in [0.4, 0.5) is 0 Å². The normalized spacial score (nSPS) is 11.7. The molecule has 396 valence electrons. The maximum atomic E-state index is 5.56. The zero-order chi connectivity index (χ0) is 56.4. The highest BCUT2D eigenvalue weighted by molar-refractivity contribution is 6.14. The van der Waals surface area contributed by atoms with Crippen molar-refractivity contribution in [2.75, 3.05) is 0 Å². The first-order valence-corrected chi connectivity index (χ1v) is 28.3. The van der Waals surface area contributed by atoms with Gasteiger partial charge in [-0.25, -0.2) is 15.0 Å². The third-order valence-corrected chi connectivity index (χ3v) is 15.7. The highest BCUT2D eigenvalue weighted by Crippen LogP contribution is 2.48. The van der Waals surface area contributed by atoms with Crippen molar-refractivity contribution in [1.82, 2.24) is 19.5 Å². The summed E-state index contributed by atoms with van der Waals surface area (Å²) in [6.45, 7) is 15.3. The molecule has 0 aliphatic rings. The van der Waals surface area contributed by atoms with Gasteiger partial charge in [0, 0.05) is 38.6 Å². The van der Waals surface area contributed by atoms with Crippen molar-refractivity contribution in [3.63, 3.8) is 0 Å². The van der Waals surface area contributed by atoms with Crippen LogP contribution in [0.5, 0.6) is 0 Å². The van der Waals surface area contributed by atoms with E-state index >= 15 is 0 Å². The first kappa shape index (κ1) is 51.9. The van der Waals surface area contributed by atoms with Crippen LogP contribution in [-0.4, -0.2) is 19.5 Å². The van der Waals surface area contributed by atoms with E-state index in [0.717, 1.165) is 89.1 Å². The predicted octanol–water partition coefficient (Wildman–Crippen LogP) is 21.0. The SMILES string of the molecule is C=C/C=C(\C=C)c1cc(-c2ccccc2)cc(-c2nc(-c3ccc(-c4ccccc4)cc3)nc(-c3cc(-c4ccccc4)c(-n4c5ccc(-c6ccccc6)cc5c5cc(-c6ccccc6)cc(C(C)(C)C)c54)c(-c4ccccc4)c3)n2)c1. The molecule has 11 aromatic carbocycles. The molecule has 0 spiro atoms. The Kier molecular flexibility index (Phi) is 13.9. The largest absolute Gasteiger partial charge is 0.308 e. The molecular weight excluding hydrogens is 1000 g/mol. The number of fused-ring (bicyclic) bond motifs is 3. The molecule has 4 heteroatoms. The Morgan fingerprint density at radius 1 is 0.361 bits per heavy atom. The zero-order valence-electron chi connectivity index (χ0n) is 46.8. The van der Waals surface area contributed by atoms with Gasteiger partial charge in [-0.2, -0.15) is 0 Å². The Labute approximate surface area is 486 Å². The molecule has 0 radical (unpaired) electrons. The van der Waals surface area contributed by atoms with Crippen LogP contribution in [0.2, 0.25) is 0 Å². The van der Waals surface area contributed by atoms with Crippen LogP contribution >= 0.6 is 0 Å². The van der Waals surface area contributed by atoms with E-state index < -0.39 is 0 Å². The van der Waals surface area contributed by atoms with Crippen LogP contribution in [0, 0.1) is 0 Å². The van der Waals surface area contributed by atoms with E-state index in [2.05, 4.69) is 293 Å². The highest BCUT2D eigenvalue weighted by Gasteiger charge is 2.29. The Bertz CT molecular complexity index is 4500. The van der Waals surface area contributed by atoms with Gasteiger partial charge in [0.15, 0.2) is 17.5 Å². The highest BCUT2D eigenvalue weighted by atomic mass is 15.0. The van der Waals surface area contributed by atoms with Crippen molar-refractivity contribution in [2.45, 2.75) is 26.2 Å². The Hall–Kier alpha value is -10.6. The molecular formula is C79H60N4. The summed E-state index contributed by atoms with van der Waals surface area (Å²) in [6, 6.07) is 95.5. The third-order valence-electron chi connectivity index (χ3n) is 15.7. The van der Waals surface area contributed by atoms with Gasteiger partial charge in [0.25, 0.3) is 0 Å². The molecule has 0 amide bonds. The molecule has 2 aromatic heterocycles. The molecule has 4 nitrogen and oxygen atoms in total. The summed E-state index contributed by atoms with van der Waals surface area (Å²) in [4.78, 5) is 16.5. The molecule has 0 saturated carbocycles. The van der Waals surface area contributed by atoms with Crippen molar-refractivity contribution in [3.8, 4) is 107 Å². The first-order valence-electron chi connectivity index (χ1n) is 28.3. The van der Waals surface area contributed by atoms with Gasteiger partial charge >= 0.3 is 0 Å². The number of hydrogen-bond acceptors (Lipinski definition) is 3. The van der Waals surface area contributed by atoms with E-state index in [1.807, 2.05) is 24.3 Å². The van der Waals surface area contributed by atoms with Crippen molar-refractivity contribution >= 4 is 27.4 Å². The minimum Gasteiger partial charge on any atom is -0.308 e. The molecule has 0 aliphatic carbocycles. The van der Waals surface area contributed by atoms with Crippen LogP contribution in [-0.2, 0) is 5.41 Å². The second-order valence-corrected chi connectivity index (χ2v) is 22.1. The molecule has 0 saturated heterocycles. The van der Waals surface area contributed by atoms with Crippen LogP contribution in [0.25, 0.3) is 134 Å². The lowest BCUT2D eigenvalue weighted by Gasteiger charge is -2.26. The van der Waals surface area contributed by atoms with Crippen molar-refractivity contribution in [3.05, 3.63) is 309 Å². The number of benzene rings is 11. The van der Waals surface area contributed by atoms with Crippen molar-refractivity contribution in [2.24, 2.45) is 0 Å². The van der Waals surface area contributed by atoms with Crippen LogP contribution in [0.1, 0.15) is 31.9 Å². The molecule has 0 aliphatic heterocycles. The van der Waals surface area contributed by atoms with Gasteiger partial charge in [0.2, 0.25) is 0 Å². The van der Waals surface area contributed by atoms with Gasteiger partial charge < -0.3 is 4.57 Å². The van der Waals surface area contributed by atoms with Crippen LogP contribution in [0.3, 0.4) is 0 Å². The van der Waals surface area contributed by atoms with Gasteiger partial charge in [0.1, 0.15) is 0 Å². The summed E-state index contributed by atoms with van der Waals surface area (Å²) >= 11 is 0. The Balaban J connectivity index is 1.13. The lowest BCUT2D eigenvalue weighted by atomic mass is 9.83. The van der Waals surface area contributed by atoms with E-state index in [9.17, 15) is 0 Å². The Morgan fingerprint density at radius 2 is 0.747 bits per heavy atom. The molecule has 0 fully saturated rings. The second kappa shape index (κ2) is 22.2. The van der Waals surface area contributed by atoms with Crippen LogP contribution < -0.4 is 0 Å². The topological polar surface area (TPSA) is 43.6 Å². The molecule has 0 atom stereocenters. The standard InChI is InChI=1S/C79H60N4/c1-6-26-53(7-2)63-45-64(56-31-18-10-19-32-56)47-66(46-63)77-80-76(61-41-39-58(40-42-61)54-27-14-8-15-28-54)81-78(82-77)67-50-68(59-35-22-12-23-36-59)74(69(51-67)60-37-24-13-25-38-60)83-73-44-43-62(55-29-16-9-17-30-55)48-70(73)71-49-65(57-33-20-11-21-34-57)52-72(75(71)83)79(3,4)5/h6-52H,1-2H2,3-5H3/b53-26+. The third kappa shape index (κ3) is 10.2. The summed E-state index contributed by atoms with van der Waals surface area (Å²) in [5.41, 5.74) is 22.1. The number of rotatable bonds is 13. The van der Waals surface area contributed by atoms with E-state index in [4.69, 9.17) is 15.0 Å². The molecule has 13 aromatic rings. The lowest BCUT2D eigenvalue weighted by molar-refractivity contribution is 0.594. The van der Waals surface area contributed by atoms with E-state index in [-0.39, 0.29) is 5.41 Å². The molecule has 0 unspecified atom stereocenters. The minimum absolute atomic E-state index is 0.264. The van der Waals surface area contributed by atoms with Gasteiger partial charge in [-0.1, -0.05) is 264 Å². The maximum Gasteiger partial charge on any atom is 0.164 e. The number of allylic oxidation sites excluding steroid dienone is 4. The quantitative estimate of drug-likeness (QED) is 0.108. The van der Waals surface area contributed by atoms with Crippen molar-refractivity contribution < 1.29 is 0 Å². The number of aromatic nitrogens is 4. The van der Waals surface area contributed by atoms with Gasteiger partial charge in [-0.05, 0) is 132 Å². The van der Waals surface area contributed by atoms with Crippen molar-refractivity contribution in [1.29, 1.82) is 0 Å². The summed E-state index contributed by atoms with van der Waals surface area (Å²) in [5.74, 6) is 1.66. The lowest BCUT2D eigenvalue weighted by Crippen LogP contribution is -2.14. The summed E-state index contributed by atoms with van der Waals surface area (Å²) in [5, 5.41) is 2.37. The van der Waals surface area contributed by atoms with E-state index in [1.165, 1.54) is 38.5 Å². The fourth-order valence-corrected chi connectivity index (χ4v) is 11.6. The first-order chi connectivity index (χ1) is 40.7. The summed E-state index contributed by atoms with van der Waals surface area (Å²) in [6.07, 6.45) is 5.66. The van der Waals surface area contributed by atoms with Gasteiger partial charge in [-0.3, -0.25) is 0 Å². The average molecular weight is 1070 g/mol. The molecule has 0 bridgehead atoms. The molecule has 83 heavy (non-hydrogen) atoms. The maximum absolute atomic E-state index is 5.56. The van der Waals surface area contributed by atoms with Gasteiger partial charge in [0.05, 0.1) is 16.7 Å². The minimum atomic E-state index is -0.264. The second-order valence-electron chi connectivity index (χ2n) is 22.1.